The van der Waals surface area contributed by atoms with Crippen LogP contribution < -0.4 is 19.5 Å². The number of hydrogen-bond acceptors (Lipinski definition) is 8. The van der Waals surface area contributed by atoms with Crippen molar-refractivity contribution >= 4 is 16.9 Å². The third kappa shape index (κ3) is 5.03. The van der Waals surface area contributed by atoms with Gasteiger partial charge in [0.15, 0.2) is 0 Å². The summed E-state index contributed by atoms with van der Waals surface area (Å²) in [5.41, 5.74) is 2.80. The summed E-state index contributed by atoms with van der Waals surface area (Å²) in [7, 11) is 5.54. The van der Waals surface area contributed by atoms with E-state index >= 15 is 0 Å². The molecule has 1 aliphatic rings. The van der Waals surface area contributed by atoms with E-state index in [4.69, 9.17) is 14.2 Å². The molecule has 0 bridgehead atoms. The van der Waals surface area contributed by atoms with Crippen LogP contribution in [0.1, 0.15) is 11.1 Å². The molecular formula is C26H27FN6O4. The van der Waals surface area contributed by atoms with Crippen LogP contribution in [0.15, 0.2) is 42.9 Å². The summed E-state index contributed by atoms with van der Waals surface area (Å²) in [4.78, 5) is 23.5. The number of hydrogen-bond donors (Lipinski definition) is 1. The van der Waals surface area contributed by atoms with Crippen molar-refractivity contribution in [3.63, 3.8) is 0 Å². The number of methoxy groups -OCH3 is 1. The van der Waals surface area contributed by atoms with Crippen LogP contribution in [-0.2, 0) is 19.5 Å². The van der Waals surface area contributed by atoms with E-state index < -0.39 is 11.9 Å². The number of ether oxygens (including phenoxy) is 3. The Morgan fingerprint density at radius 2 is 2.08 bits per heavy atom. The molecule has 11 heteroatoms. The van der Waals surface area contributed by atoms with Gasteiger partial charge in [0.05, 0.1) is 31.3 Å². The fourth-order valence-corrected chi connectivity index (χ4v) is 4.31. The molecule has 37 heavy (non-hydrogen) atoms. The number of halogens is 1. The molecule has 0 radical (unpaired) electrons. The maximum absolute atomic E-state index is 14.4. The average Bonchev–Trinajstić information content (AvgIpc) is 3.56. The molecule has 1 amide bonds. The molecule has 1 aliphatic heterocycles. The first-order valence-corrected chi connectivity index (χ1v) is 11.8. The summed E-state index contributed by atoms with van der Waals surface area (Å²) >= 11 is 0. The molecule has 0 aliphatic carbocycles. The van der Waals surface area contributed by atoms with Crippen molar-refractivity contribution in [3.8, 4) is 28.8 Å². The summed E-state index contributed by atoms with van der Waals surface area (Å²) in [5, 5.41) is 8.33. The van der Waals surface area contributed by atoms with Gasteiger partial charge in [-0.05, 0) is 32.3 Å². The number of fused-ring (bicyclic) bond motifs is 2. The number of nitrogens with one attached hydrogen (secondary N) is 1. The van der Waals surface area contributed by atoms with Gasteiger partial charge in [0.2, 0.25) is 11.8 Å². The van der Waals surface area contributed by atoms with Crippen LogP contribution in [0.3, 0.4) is 0 Å². The van der Waals surface area contributed by atoms with Gasteiger partial charge in [-0.2, -0.15) is 5.10 Å². The van der Waals surface area contributed by atoms with E-state index in [2.05, 4.69) is 25.3 Å². The highest BCUT2D eigenvalue weighted by atomic mass is 19.1. The Bertz CT molecular complexity index is 1450. The number of nitrogens with zero attached hydrogens (tertiary/aromatic N) is 5. The smallest absolute Gasteiger partial charge is 0.414 e. The number of likely N-dealkylation sites (N-methyl/N-ethyl adjacent to an activating group) is 1. The molecule has 0 unspecified atom stereocenters. The molecule has 3 aromatic heterocycles. The maximum Gasteiger partial charge on any atom is 0.414 e. The van der Waals surface area contributed by atoms with Crippen molar-refractivity contribution in [3.05, 3.63) is 59.8 Å². The predicted octanol–water partition coefficient (Wildman–Crippen LogP) is 3.43. The zero-order chi connectivity index (χ0) is 25.9. The minimum atomic E-state index is -0.760. The summed E-state index contributed by atoms with van der Waals surface area (Å²) in [6.45, 7) is 1.95. The summed E-state index contributed by atoms with van der Waals surface area (Å²) in [6.07, 6.45) is 4.75. The second-order valence-electron chi connectivity index (χ2n) is 8.84. The molecule has 1 aromatic carbocycles. The molecule has 4 heterocycles. The highest BCUT2D eigenvalue weighted by Gasteiger charge is 2.21. The third-order valence-electron chi connectivity index (χ3n) is 6.21. The quantitative estimate of drug-likeness (QED) is 0.388. The molecule has 1 N–H and O–H groups in total. The van der Waals surface area contributed by atoms with E-state index in [0.29, 0.717) is 42.2 Å². The molecular weight excluding hydrogens is 479 g/mol. The Morgan fingerprint density at radius 3 is 2.89 bits per heavy atom. The van der Waals surface area contributed by atoms with Crippen molar-refractivity contribution in [2.75, 3.05) is 34.4 Å². The first-order chi connectivity index (χ1) is 17.9. The standard InChI is InChI=1S/C26H27FN6O4/c1-32(2)9-10-33-22(6-8-31-33)19-14-29-25(20-15-28-24(35-3)12-17(19)20)37-26(34)30-13-18-16-7-11-36-23(16)5-4-21(18)27/h4-6,8,12,14-15H,7,9-11,13H2,1-3H3,(H,30,34). The number of carbonyl (C=O) groups excluding carboxylic acids is 1. The van der Waals surface area contributed by atoms with Gasteiger partial charge < -0.3 is 24.4 Å². The fraction of sp³-hybridized carbons (Fsp3) is 0.308. The van der Waals surface area contributed by atoms with Gasteiger partial charge in [-0.25, -0.2) is 19.2 Å². The molecule has 0 fully saturated rings. The largest absolute Gasteiger partial charge is 0.493 e. The Kier molecular flexibility index (Phi) is 6.87. The lowest BCUT2D eigenvalue weighted by molar-refractivity contribution is 0.198. The monoisotopic (exact) mass is 506 g/mol. The average molecular weight is 507 g/mol. The lowest BCUT2D eigenvalue weighted by Gasteiger charge is -2.15. The second kappa shape index (κ2) is 10.4. The number of pyridine rings is 2. The topological polar surface area (TPSA) is 104 Å². The van der Waals surface area contributed by atoms with Gasteiger partial charge in [0.1, 0.15) is 11.6 Å². The normalized spacial score (nSPS) is 12.5. The van der Waals surface area contributed by atoms with Crippen molar-refractivity contribution < 1.29 is 23.4 Å². The van der Waals surface area contributed by atoms with Crippen LogP contribution in [0.4, 0.5) is 9.18 Å². The van der Waals surface area contributed by atoms with E-state index in [-0.39, 0.29) is 12.4 Å². The SMILES string of the molecule is COc1cc2c(-c3ccnn3CCN(C)C)cnc(OC(=O)NCc3c(F)ccc4c3CCO4)c2cn1. The van der Waals surface area contributed by atoms with E-state index in [0.717, 1.165) is 28.8 Å². The van der Waals surface area contributed by atoms with Crippen molar-refractivity contribution in [1.29, 1.82) is 0 Å². The van der Waals surface area contributed by atoms with Gasteiger partial charge in [-0.1, -0.05) is 0 Å². The lowest BCUT2D eigenvalue weighted by atomic mass is 10.0. The molecule has 10 nitrogen and oxygen atoms in total. The van der Waals surface area contributed by atoms with Crippen molar-refractivity contribution in [2.45, 2.75) is 19.5 Å². The number of carbonyl (C=O) groups is 1. The Morgan fingerprint density at radius 1 is 1.22 bits per heavy atom. The molecule has 4 aromatic rings. The van der Waals surface area contributed by atoms with Crippen molar-refractivity contribution in [2.24, 2.45) is 0 Å². The van der Waals surface area contributed by atoms with Gasteiger partial charge in [0, 0.05) is 66.2 Å². The van der Waals surface area contributed by atoms with E-state index in [1.54, 1.807) is 30.7 Å². The number of aromatic nitrogens is 4. The van der Waals surface area contributed by atoms with E-state index in [1.807, 2.05) is 24.8 Å². The minimum absolute atomic E-state index is 0.0374. The Labute approximate surface area is 213 Å². The molecule has 0 spiro atoms. The van der Waals surface area contributed by atoms with Crippen LogP contribution in [0, 0.1) is 5.82 Å². The molecule has 192 valence electrons. The maximum atomic E-state index is 14.4. The van der Waals surface area contributed by atoms with Crippen LogP contribution in [0.2, 0.25) is 0 Å². The van der Waals surface area contributed by atoms with Gasteiger partial charge in [-0.15, -0.1) is 0 Å². The van der Waals surface area contributed by atoms with E-state index in [1.165, 1.54) is 13.2 Å². The first kappa shape index (κ1) is 24.4. The first-order valence-electron chi connectivity index (χ1n) is 11.8. The van der Waals surface area contributed by atoms with Crippen LogP contribution in [-0.4, -0.2) is 65.1 Å². The van der Waals surface area contributed by atoms with Gasteiger partial charge in [0.25, 0.3) is 0 Å². The highest BCUT2D eigenvalue weighted by molar-refractivity contribution is 5.99. The third-order valence-corrected chi connectivity index (χ3v) is 6.21. The fourth-order valence-electron chi connectivity index (χ4n) is 4.31. The summed E-state index contributed by atoms with van der Waals surface area (Å²) < 4.78 is 32.7. The molecule has 5 rings (SSSR count). The Balaban J connectivity index is 1.41. The van der Waals surface area contributed by atoms with Gasteiger partial charge in [-0.3, -0.25) is 4.68 Å². The second-order valence-corrected chi connectivity index (χ2v) is 8.84. The van der Waals surface area contributed by atoms with Crippen molar-refractivity contribution in [1.82, 2.24) is 30.0 Å². The van der Waals surface area contributed by atoms with Crippen LogP contribution in [0.5, 0.6) is 17.5 Å². The number of amides is 1. The molecule has 0 atom stereocenters. The minimum Gasteiger partial charge on any atom is -0.493 e. The van der Waals surface area contributed by atoms with Crippen LogP contribution >= 0.6 is 0 Å². The summed E-state index contributed by atoms with van der Waals surface area (Å²) in [6, 6.07) is 6.61. The highest BCUT2D eigenvalue weighted by Crippen LogP contribution is 2.34. The molecule has 0 saturated heterocycles. The zero-order valence-corrected chi connectivity index (χ0v) is 20.8. The lowest BCUT2D eigenvalue weighted by Crippen LogP contribution is -2.27. The molecule has 0 saturated carbocycles. The predicted molar refractivity (Wildman–Crippen MR) is 134 cm³/mol. The number of benzene rings is 1. The van der Waals surface area contributed by atoms with Gasteiger partial charge >= 0.3 is 6.09 Å². The Hall–Kier alpha value is -4.25. The van der Waals surface area contributed by atoms with E-state index in [9.17, 15) is 9.18 Å². The summed E-state index contributed by atoms with van der Waals surface area (Å²) in [5.74, 6) is 0.720. The van der Waals surface area contributed by atoms with Crippen LogP contribution in [0.25, 0.3) is 22.0 Å². The number of rotatable bonds is 8. The zero-order valence-electron chi connectivity index (χ0n) is 20.8.